The second kappa shape index (κ2) is 11.6. The molecule has 0 aliphatic rings. The molecule has 2 N–H and O–H groups in total. The Morgan fingerprint density at radius 1 is 1.07 bits per heavy atom. The number of carbonyl (C=O) groups excluding carboxylic acids is 3. The Kier molecular flexibility index (Phi) is 8.82. The average Bonchev–Trinajstić information content (AvgIpc) is 2.73. The van der Waals surface area contributed by atoms with Crippen molar-refractivity contribution in [2.45, 2.75) is 6.42 Å². The number of anilines is 1. The molecule has 10 heteroatoms. The van der Waals surface area contributed by atoms with Gasteiger partial charge in [-0.25, -0.2) is 10.2 Å². The van der Waals surface area contributed by atoms with E-state index in [1.54, 1.807) is 36.4 Å². The van der Waals surface area contributed by atoms with Crippen LogP contribution in [0.2, 0.25) is 0 Å². The van der Waals surface area contributed by atoms with Crippen LogP contribution in [0.3, 0.4) is 0 Å². The standard InChI is InChI=1S/C20H20BrN3O6/c1-28-17-9-13(7-8-16(17)30-12-20(27)29-2)11-22-24-19(26)10-18(25)23-15-6-4-3-5-14(15)21/h3-9,11H,10,12H2,1-2H3,(H,23,25)(H,24,26). The zero-order chi connectivity index (χ0) is 21.9. The van der Waals surface area contributed by atoms with Crippen LogP contribution in [-0.4, -0.2) is 44.8 Å². The van der Waals surface area contributed by atoms with Crippen LogP contribution < -0.4 is 20.2 Å². The maximum absolute atomic E-state index is 12.0. The summed E-state index contributed by atoms with van der Waals surface area (Å²) < 4.78 is 15.8. The first-order valence-corrected chi connectivity index (χ1v) is 9.46. The van der Waals surface area contributed by atoms with Gasteiger partial charge >= 0.3 is 5.97 Å². The van der Waals surface area contributed by atoms with Crippen molar-refractivity contribution in [1.82, 2.24) is 5.43 Å². The fourth-order valence-corrected chi connectivity index (χ4v) is 2.58. The number of nitrogens with zero attached hydrogens (tertiary/aromatic N) is 1. The number of esters is 1. The molecule has 0 bridgehead atoms. The monoisotopic (exact) mass is 477 g/mol. The van der Waals surface area contributed by atoms with Gasteiger partial charge in [-0.2, -0.15) is 5.10 Å². The Balaban J connectivity index is 1.88. The lowest BCUT2D eigenvalue weighted by Crippen LogP contribution is -2.24. The number of hydrogen-bond donors (Lipinski definition) is 2. The molecular weight excluding hydrogens is 458 g/mol. The van der Waals surface area contributed by atoms with Crippen molar-refractivity contribution in [3.05, 3.63) is 52.5 Å². The molecule has 0 radical (unpaired) electrons. The Hall–Kier alpha value is -3.40. The van der Waals surface area contributed by atoms with Crippen LogP contribution in [0.1, 0.15) is 12.0 Å². The number of nitrogens with one attached hydrogen (secondary N) is 2. The van der Waals surface area contributed by atoms with Crippen LogP contribution in [0.15, 0.2) is 52.0 Å². The molecule has 30 heavy (non-hydrogen) atoms. The minimum absolute atomic E-state index is 0.252. The van der Waals surface area contributed by atoms with Gasteiger partial charge in [-0.1, -0.05) is 12.1 Å². The van der Waals surface area contributed by atoms with Crippen molar-refractivity contribution < 1.29 is 28.6 Å². The molecule has 0 saturated heterocycles. The molecule has 0 aliphatic carbocycles. The van der Waals surface area contributed by atoms with E-state index in [-0.39, 0.29) is 13.0 Å². The molecule has 0 aliphatic heterocycles. The molecule has 0 heterocycles. The molecule has 2 aromatic carbocycles. The third-order valence-electron chi connectivity index (χ3n) is 3.63. The minimum Gasteiger partial charge on any atom is -0.493 e. The highest BCUT2D eigenvalue weighted by Crippen LogP contribution is 2.27. The minimum atomic E-state index is -0.569. The van der Waals surface area contributed by atoms with Crippen molar-refractivity contribution in [3.63, 3.8) is 0 Å². The fraction of sp³-hybridized carbons (Fsp3) is 0.200. The molecule has 2 rings (SSSR count). The number of halogens is 1. The number of hydrogen-bond acceptors (Lipinski definition) is 7. The van der Waals surface area contributed by atoms with E-state index in [0.29, 0.717) is 27.2 Å². The molecule has 0 atom stereocenters. The lowest BCUT2D eigenvalue weighted by Gasteiger charge is -2.10. The summed E-state index contributed by atoms with van der Waals surface area (Å²) in [5.74, 6) is -0.826. The molecule has 0 aromatic heterocycles. The zero-order valence-corrected chi connectivity index (χ0v) is 17.9. The van der Waals surface area contributed by atoms with E-state index >= 15 is 0 Å². The van der Waals surface area contributed by atoms with E-state index in [1.807, 2.05) is 6.07 Å². The summed E-state index contributed by atoms with van der Waals surface area (Å²) >= 11 is 3.32. The van der Waals surface area contributed by atoms with Crippen molar-refractivity contribution in [1.29, 1.82) is 0 Å². The van der Waals surface area contributed by atoms with Crippen LogP contribution >= 0.6 is 15.9 Å². The van der Waals surface area contributed by atoms with E-state index in [2.05, 4.69) is 36.5 Å². The molecule has 9 nitrogen and oxygen atoms in total. The quantitative estimate of drug-likeness (QED) is 0.248. The predicted octanol–water partition coefficient (Wildman–Crippen LogP) is 2.49. The molecule has 2 amide bonds. The number of benzene rings is 2. The SMILES string of the molecule is COC(=O)COc1ccc(C=NNC(=O)CC(=O)Nc2ccccc2Br)cc1OC. The van der Waals surface area contributed by atoms with Crippen molar-refractivity contribution in [2.24, 2.45) is 5.10 Å². The number of para-hydroxylation sites is 1. The third kappa shape index (κ3) is 7.21. The smallest absolute Gasteiger partial charge is 0.343 e. The largest absolute Gasteiger partial charge is 0.493 e. The molecule has 2 aromatic rings. The van der Waals surface area contributed by atoms with E-state index in [9.17, 15) is 14.4 Å². The summed E-state index contributed by atoms with van der Waals surface area (Å²) in [6.07, 6.45) is 0.999. The Morgan fingerprint density at radius 3 is 2.53 bits per heavy atom. The van der Waals surface area contributed by atoms with Crippen molar-refractivity contribution >= 4 is 45.6 Å². The lowest BCUT2D eigenvalue weighted by molar-refractivity contribution is -0.143. The van der Waals surface area contributed by atoms with Crippen LogP contribution in [-0.2, 0) is 19.1 Å². The fourth-order valence-electron chi connectivity index (χ4n) is 2.20. The first-order chi connectivity index (χ1) is 14.4. The van der Waals surface area contributed by atoms with Crippen LogP contribution in [0, 0.1) is 0 Å². The summed E-state index contributed by atoms with van der Waals surface area (Å²) in [4.78, 5) is 35.0. The van der Waals surface area contributed by atoms with E-state index in [0.717, 1.165) is 0 Å². The second-order valence-corrected chi connectivity index (χ2v) is 6.63. The van der Waals surface area contributed by atoms with Gasteiger partial charge in [0, 0.05) is 4.47 Å². The van der Waals surface area contributed by atoms with Crippen LogP contribution in [0.5, 0.6) is 11.5 Å². The molecule has 158 valence electrons. The molecular formula is C20H20BrN3O6. The van der Waals surface area contributed by atoms with Gasteiger partial charge in [-0.15, -0.1) is 0 Å². The number of carbonyl (C=O) groups is 3. The molecule has 0 saturated carbocycles. The molecule has 0 spiro atoms. The summed E-state index contributed by atoms with van der Waals surface area (Å²) in [7, 11) is 2.72. The van der Waals surface area contributed by atoms with Crippen molar-refractivity contribution in [3.8, 4) is 11.5 Å². The van der Waals surface area contributed by atoms with Gasteiger partial charge in [0.2, 0.25) is 11.8 Å². The van der Waals surface area contributed by atoms with Gasteiger partial charge in [0.1, 0.15) is 6.42 Å². The van der Waals surface area contributed by atoms with E-state index in [4.69, 9.17) is 9.47 Å². The number of methoxy groups -OCH3 is 2. The average molecular weight is 478 g/mol. The Labute approximate surface area is 181 Å². The highest BCUT2D eigenvalue weighted by molar-refractivity contribution is 9.10. The highest BCUT2D eigenvalue weighted by Gasteiger charge is 2.11. The van der Waals surface area contributed by atoms with E-state index in [1.165, 1.54) is 20.4 Å². The predicted molar refractivity (Wildman–Crippen MR) is 114 cm³/mol. The maximum atomic E-state index is 12.0. The van der Waals surface area contributed by atoms with Gasteiger partial charge in [0.15, 0.2) is 18.1 Å². The number of ether oxygens (including phenoxy) is 3. The van der Waals surface area contributed by atoms with Gasteiger partial charge in [0.25, 0.3) is 0 Å². The zero-order valence-electron chi connectivity index (χ0n) is 16.3. The van der Waals surface area contributed by atoms with Crippen LogP contribution in [0.4, 0.5) is 5.69 Å². The number of hydrazone groups is 1. The first kappa shape index (κ1) is 22.9. The third-order valence-corrected chi connectivity index (χ3v) is 4.32. The molecule has 0 fully saturated rings. The summed E-state index contributed by atoms with van der Waals surface area (Å²) in [6, 6.07) is 11.9. The normalized spacial score (nSPS) is 10.4. The Bertz CT molecular complexity index is 948. The maximum Gasteiger partial charge on any atom is 0.343 e. The van der Waals surface area contributed by atoms with Gasteiger partial charge in [-0.3, -0.25) is 9.59 Å². The first-order valence-electron chi connectivity index (χ1n) is 8.67. The summed E-state index contributed by atoms with van der Waals surface area (Å²) in [5, 5.41) is 6.46. The van der Waals surface area contributed by atoms with Gasteiger partial charge < -0.3 is 19.5 Å². The van der Waals surface area contributed by atoms with Crippen LogP contribution in [0.25, 0.3) is 0 Å². The highest BCUT2D eigenvalue weighted by atomic mass is 79.9. The second-order valence-electron chi connectivity index (χ2n) is 5.77. The lowest BCUT2D eigenvalue weighted by atomic mass is 10.2. The number of amides is 2. The van der Waals surface area contributed by atoms with Crippen molar-refractivity contribution in [2.75, 3.05) is 26.1 Å². The van der Waals surface area contributed by atoms with E-state index < -0.39 is 17.8 Å². The number of rotatable bonds is 9. The molecule has 0 unspecified atom stereocenters. The summed E-state index contributed by atoms with van der Waals surface area (Å²) in [5.41, 5.74) is 3.46. The topological polar surface area (TPSA) is 115 Å². The Morgan fingerprint density at radius 2 is 1.83 bits per heavy atom. The summed E-state index contributed by atoms with van der Waals surface area (Å²) in [6.45, 7) is -0.252. The van der Waals surface area contributed by atoms with Gasteiger partial charge in [-0.05, 0) is 51.8 Å². The van der Waals surface area contributed by atoms with Gasteiger partial charge in [0.05, 0.1) is 26.1 Å².